The maximum absolute atomic E-state index is 4.63. The molecule has 1 aliphatic rings. The van der Waals surface area contributed by atoms with Gasteiger partial charge in [0.1, 0.15) is 5.82 Å². The summed E-state index contributed by atoms with van der Waals surface area (Å²) >= 11 is 0. The van der Waals surface area contributed by atoms with Crippen LogP contribution in [0.3, 0.4) is 0 Å². The fraction of sp³-hybridized carbons (Fsp3) is 0.692. The minimum Gasteiger partial charge on any atom is -0.317 e. The zero-order valence-electron chi connectivity index (χ0n) is 10.1. The highest BCUT2D eigenvalue weighted by Crippen LogP contribution is 2.16. The average molecular weight is 219 g/mol. The first-order valence-electron chi connectivity index (χ1n) is 6.40. The van der Waals surface area contributed by atoms with Crippen molar-refractivity contribution in [1.29, 1.82) is 0 Å². The fourth-order valence-corrected chi connectivity index (χ4v) is 2.28. The van der Waals surface area contributed by atoms with E-state index in [9.17, 15) is 0 Å². The molecule has 1 aliphatic heterocycles. The van der Waals surface area contributed by atoms with Gasteiger partial charge in [0.2, 0.25) is 0 Å². The first-order valence-corrected chi connectivity index (χ1v) is 6.40. The Kier molecular flexibility index (Phi) is 4.28. The second-order valence-corrected chi connectivity index (χ2v) is 4.61. The monoisotopic (exact) mass is 219 g/mol. The Morgan fingerprint density at radius 3 is 2.94 bits per heavy atom. The summed E-state index contributed by atoms with van der Waals surface area (Å²) < 4.78 is 0. The highest BCUT2D eigenvalue weighted by atomic mass is 14.9. The molecule has 0 amide bonds. The van der Waals surface area contributed by atoms with Gasteiger partial charge in [-0.15, -0.1) is 0 Å². The normalized spacial score (nSPS) is 17.6. The molecule has 2 rings (SSSR count). The molecule has 3 nitrogen and oxygen atoms in total. The van der Waals surface area contributed by atoms with Crippen LogP contribution in [0.5, 0.6) is 0 Å². The Labute approximate surface area is 97.7 Å². The zero-order valence-corrected chi connectivity index (χ0v) is 10.1. The molecule has 88 valence electrons. The lowest BCUT2D eigenvalue weighted by molar-refractivity contribution is 0.367. The van der Waals surface area contributed by atoms with Crippen molar-refractivity contribution in [2.45, 2.75) is 39.0 Å². The fourth-order valence-electron chi connectivity index (χ4n) is 2.28. The summed E-state index contributed by atoms with van der Waals surface area (Å²) in [6.45, 7) is 4.49. The molecule has 0 aliphatic carbocycles. The van der Waals surface area contributed by atoms with Gasteiger partial charge < -0.3 is 5.32 Å². The summed E-state index contributed by atoms with van der Waals surface area (Å²) in [6, 6.07) is 2.04. The van der Waals surface area contributed by atoms with Crippen molar-refractivity contribution in [3.8, 4) is 0 Å². The van der Waals surface area contributed by atoms with Gasteiger partial charge in [-0.05, 0) is 44.3 Å². The molecule has 16 heavy (non-hydrogen) atoms. The highest BCUT2D eigenvalue weighted by molar-refractivity contribution is 5.03. The topological polar surface area (TPSA) is 37.8 Å². The van der Waals surface area contributed by atoms with Gasteiger partial charge in [0, 0.05) is 18.3 Å². The predicted molar refractivity (Wildman–Crippen MR) is 65.3 cm³/mol. The van der Waals surface area contributed by atoms with E-state index < -0.39 is 0 Å². The van der Waals surface area contributed by atoms with Gasteiger partial charge in [0.25, 0.3) is 0 Å². The summed E-state index contributed by atoms with van der Waals surface area (Å²) in [5.74, 6) is 1.82. The third-order valence-electron chi connectivity index (χ3n) is 3.20. The third-order valence-corrected chi connectivity index (χ3v) is 3.20. The van der Waals surface area contributed by atoms with Crippen molar-refractivity contribution in [2.75, 3.05) is 13.1 Å². The maximum atomic E-state index is 4.63. The number of piperidine rings is 1. The molecule has 0 aromatic carbocycles. The van der Waals surface area contributed by atoms with Crippen molar-refractivity contribution in [1.82, 2.24) is 15.3 Å². The second kappa shape index (κ2) is 5.94. The van der Waals surface area contributed by atoms with Gasteiger partial charge in [0.05, 0.1) is 0 Å². The number of aromatic nitrogens is 2. The molecule has 0 saturated carbocycles. The van der Waals surface area contributed by atoms with Gasteiger partial charge >= 0.3 is 0 Å². The van der Waals surface area contributed by atoms with Crippen molar-refractivity contribution in [3.63, 3.8) is 0 Å². The van der Waals surface area contributed by atoms with Crippen LogP contribution in [0.15, 0.2) is 12.3 Å². The van der Waals surface area contributed by atoms with E-state index in [0.29, 0.717) is 0 Å². The first-order chi connectivity index (χ1) is 7.88. The van der Waals surface area contributed by atoms with Crippen LogP contribution >= 0.6 is 0 Å². The molecule has 0 bridgehead atoms. The van der Waals surface area contributed by atoms with Crippen molar-refractivity contribution in [3.05, 3.63) is 23.8 Å². The van der Waals surface area contributed by atoms with Crippen LogP contribution in [-0.2, 0) is 12.8 Å². The Hall–Kier alpha value is -0.960. The number of aryl methyl sites for hydroxylation is 1. The van der Waals surface area contributed by atoms with E-state index in [2.05, 4.69) is 22.2 Å². The van der Waals surface area contributed by atoms with E-state index in [1.54, 1.807) is 0 Å². The van der Waals surface area contributed by atoms with Crippen LogP contribution in [0.2, 0.25) is 0 Å². The van der Waals surface area contributed by atoms with Crippen LogP contribution in [0.4, 0.5) is 0 Å². The van der Waals surface area contributed by atoms with Gasteiger partial charge in [-0.25, -0.2) is 9.97 Å². The molecule has 1 fully saturated rings. The summed E-state index contributed by atoms with van der Waals surface area (Å²) in [5, 5.41) is 3.39. The standard InChI is InChI=1S/C13H21N3/c1-2-3-12-6-9-15-13(16-12)10-11-4-7-14-8-5-11/h6,9,11,14H,2-5,7-8,10H2,1H3. The minimum atomic E-state index is 0.776. The number of nitrogens with one attached hydrogen (secondary N) is 1. The van der Waals surface area contributed by atoms with Crippen LogP contribution in [0, 0.1) is 5.92 Å². The molecule has 0 unspecified atom stereocenters. The molecule has 0 spiro atoms. The molecule has 1 saturated heterocycles. The number of rotatable bonds is 4. The van der Waals surface area contributed by atoms with E-state index in [4.69, 9.17) is 0 Å². The Bertz CT molecular complexity index is 319. The lowest BCUT2D eigenvalue weighted by Gasteiger charge is -2.21. The van der Waals surface area contributed by atoms with Gasteiger partial charge in [-0.2, -0.15) is 0 Å². The van der Waals surface area contributed by atoms with Crippen molar-refractivity contribution in [2.24, 2.45) is 5.92 Å². The molecule has 1 aromatic heterocycles. The molecule has 2 heterocycles. The first kappa shape index (κ1) is 11.5. The van der Waals surface area contributed by atoms with Gasteiger partial charge in [-0.1, -0.05) is 13.3 Å². The molecule has 3 heteroatoms. The third kappa shape index (κ3) is 3.27. The van der Waals surface area contributed by atoms with E-state index in [-0.39, 0.29) is 0 Å². The molecule has 0 atom stereocenters. The quantitative estimate of drug-likeness (QED) is 0.841. The van der Waals surface area contributed by atoms with E-state index in [0.717, 1.165) is 44.1 Å². The summed E-state index contributed by atoms with van der Waals surface area (Å²) in [7, 11) is 0. The average Bonchev–Trinajstić information content (AvgIpc) is 2.31. The second-order valence-electron chi connectivity index (χ2n) is 4.61. The Morgan fingerprint density at radius 1 is 1.38 bits per heavy atom. The van der Waals surface area contributed by atoms with Gasteiger partial charge in [-0.3, -0.25) is 0 Å². The van der Waals surface area contributed by atoms with Crippen LogP contribution in [0.25, 0.3) is 0 Å². The highest BCUT2D eigenvalue weighted by Gasteiger charge is 2.14. The van der Waals surface area contributed by atoms with Crippen LogP contribution < -0.4 is 5.32 Å². The molecular formula is C13H21N3. The minimum absolute atomic E-state index is 0.776. The lowest BCUT2D eigenvalue weighted by Crippen LogP contribution is -2.29. The van der Waals surface area contributed by atoms with E-state index in [1.165, 1.54) is 18.5 Å². The molecular weight excluding hydrogens is 198 g/mol. The predicted octanol–water partition coefficient (Wildman–Crippen LogP) is 1.97. The lowest BCUT2D eigenvalue weighted by atomic mass is 9.94. The summed E-state index contributed by atoms with van der Waals surface area (Å²) in [4.78, 5) is 9.01. The van der Waals surface area contributed by atoms with Crippen LogP contribution in [0.1, 0.15) is 37.7 Å². The van der Waals surface area contributed by atoms with Gasteiger partial charge in [0.15, 0.2) is 0 Å². The number of nitrogens with zero attached hydrogens (tertiary/aromatic N) is 2. The molecule has 1 aromatic rings. The molecule has 1 N–H and O–H groups in total. The maximum Gasteiger partial charge on any atom is 0.128 e. The Balaban J connectivity index is 1.94. The largest absolute Gasteiger partial charge is 0.317 e. The molecule has 0 radical (unpaired) electrons. The van der Waals surface area contributed by atoms with Crippen molar-refractivity contribution < 1.29 is 0 Å². The number of hydrogen-bond donors (Lipinski definition) is 1. The number of hydrogen-bond acceptors (Lipinski definition) is 3. The zero-order chi connectivity index (χ0) is 11.2. The summed E-state index contributed by atoms with van der Waals surface area (Å²) in [5.41, 5.74) is 1.20. The SMILES string of the molecule is CCCc1ccnc(CC2CCNCC2)n1. The van der Waals surface area contributed by atoms with E-state index in [1.807, 2.05) is 12.3 Å². The van der Waals surface area contributed by atoms with Crippen molar-refractivity contribution >= 4 is 0 Å². The Morgan fingerprint density at radius 2 is 2.19 bits per heavy atom. The summed E-state index contributed by atoms with van der Waals surface area (Å²) in [6.07, 6.45) is 7.72. The smallest absolute Gasteiger partial charge is 0.128 e. The van der Waals surface area contributed by atoms with Crippen LogP contribution in [-0.4, -0.2) is 23.1 Å². The van der Waals surface area contributed by atoms with E-state index >= 15 is 0 Å².